The smallest absolute Gasteiger partial charge is 0.907 e. The van der Waals surface area contributed by atoms with Crippen LogP contribution in [-0.4, -0.2) is 29.3 Å². The van der Waals surface area contributed by atoms with Crippen molar-refractivity contribution in [1.29, 1.82) is 0 Å². The Balaban J connectivity index is -0.0000000257. The Morgan fingerprint density at radius 3 is 0.278 bits per heavy atom. The van der Waals surface area contributed by atoms with E-state index < -0.39 is 29.3 Å². The van der Waals surface area contributed by atoms with Gasteiger partial charge in [-0.3, -0.25) is 29.3 Å². The molecular weight excluding hydrogens is 451 g/mol. The summed E-state index contributed by atoms with van der Waals surface area (Å²) >= 11 is 0. The maximum absolute atomic E-state index is 8.42. The molecule has 0 unspecified atom stereocenters. The van der Waals surface area contributed by atoms with E-state index in [2.05, 4.69) is 0 Å². The molecular formula is Ag2B4O12-10. The fraction of sp³-hybridized carbons (Fsp3) is 0. The van der Waals surface area contributed by atoms with Crippen molar-refractivity contribution in [2.24, 2.45) is 0 Å². The van der Waals surface area contributed by atoms with Crippen LogP contribution in [-0.2, 0) is 44.8 Å². The first-order chi connectivity index (χ1) is 6.93. The van der Waals surface area contributed by atoms with Gasteiger partial charge in [0, 0.05) is 0 Å². The van der Waals surface area contributed by atoms with E-state index in [-0.39, 0.29) is 44.8 Å². The fourth-order valence-corrected chi connectivity index (χ4v) is 0. The second-order valence-corrected chi connectivity index (χ2v) is 1.15. The van der Waals surface area contributed by atoms with Crippen LogP contribution in [0.25, 0.3) is 0 Å². The van der Waals surface area contributed by atoms with Crippen molar-refractivity contribution in [3.8, 4) is 0 Å². The van der Waals surface area contributed by atoms with Crippen LogP contribution in [0.3, 0.4) is 0 Å². The summed E-state index contributed by atoms with van der Waals surface area (Å²) in [6, 6.07) is 0. The van der Waals surface area contributed by atoms with Gasteiger partial charge in [-0.2, -0.15) is 0 Å². The molecule has 0 aliphatic rings. The summed E-state index contributed by atoms with van der Waals surface area (Å²) < 4.78 is 0. The van der Waals surface area contributed by atoms with E-state index in [1.54, 1.807) is 0 Å². The molecule has 0 amide bonds. The van der Waals surface area contributed by atoms with Gasteiger partial charge in [0.1, 0.15) is 0 Å². The third kappa shape index (κ3) is 2870. The molecule has 0 spiro atoms. The minimum absolute atomic E-state index is 0. The quantitative estimate of drug-likeness (QED) is 0.310. The molecule has 0 N–H and O–H groups in total. The van der Waals surface area contributed by atoms with Crippen LogP contribution in [0, 0.1) is 0 Å². The third-order valence-corrected chi connectivity index (χ3v) is 0. The molecule has 0 atom stereocenters. The summed E-state index contributed by atoms with van der Waals surface area (Å²) in [5.41, 5.74) is 0. The predicted octanol–water partition coefficient (Wildman–Crippen LogP) is -15.8. The SMILES string of the molecule is [Ag+].[Ag+].[O-]B([O-])[O-].[O-]B([O-])[O-].[O-]B([O-])[O-].[O-]B([O-])[O-]. The van der Waals surface area contributed by atoms with E-state index in [4.69, 9.17) is 60.3 Å². The molecule has 18 heteroatoms. The summed E-state index contributed by atoms with van der Waals surface area (Å²) in [4.78, 5) is 0. The van der Waals surface area contributed by atoms with Crippen LogP contribution < -0.4 is 60.3 Å². The molecule has 0 aliphatic carbocycles. The van der Waals surface area contributed by atoms with Gasteiger partial charge < -0.3 is 60.3 Å². The second-order valence-electron chi connectivity index (χ2n) is 1.15. The first-order valence-corrected chi connectivity index (χ1v) is 2.83. The molecule has 18 heavy (non-hydrogen) atoms. The Labute approximate surface area is 134 Å². The van der Waals surface area contributed by atoms with Gasteiger partial charge in [-0.1, -0.05) is 0 Å². The fourth-order valence-electron chi connectivity index (χ4n) is 0. The van der Waals surface area contributed by atoms with Gasteiger partial charge in [-0.15, -0.1) is 0 Å². The molecule has 0 rings (SSSR count). The molecule has 0 saturated heterocycles. The van der Waals surface area contributed by atoms with Gasteiger partial charge in [0.15, 0.2) is 0 Å². The number of hydrogen-bond donors (Lipinski definition) is 0. The summed E-state index contributed by atoms with van der Waals surface area (Å²) in [5, 5.41) is 101. The molecule has 0 bridgehead atoms. The van der Waals surface area contributed by atoms with Gasteiger partial charge in [0.2, 0.25) is 0 Å². The maximum atomic E-state index is 8.42. The van der Waals surface area contributed by atoms with Gasteiger partial charge in [-0.05, 0) is 0 Å². The molecule has 116 valence electrons. The summed E-state index contributed by atoms with van der Waals surface area (Å²) in [7, 11) is -11.7. The van der Waals surface area contributed by atoms with E-state index in [1.165, 1.54) is 0 Å². The van der Waals surface area contributed by atoms with Gasteiger partial charge in [0.25, 0.3) is 0 Å². The number of hydrogen-bond acceptors (Lipinski definition) is 12. The molecule has 0 aromatic rings. The van der Waals surface area contributed by atoms with Crippen LogP contribution in [0.4, 0.5) is 0 Å². The van der Waals surface area contributed by atoms with Gasteiger partial charge >= 0.3 is 44.8 Å². The minimum Gasteiger partial charge on any atom is -0.907 e. The molecule has 12 nitrogen and oxygen atoms in total. The molecule has 0 fully saturated rings. The third-order valence-electron chi connectivity index (χ3n) is 0. The summed E-state index contributed by atoms with van der Waals surface area (Å²) in [6.07, 6.45) is 0. The Kier molecular flexibility index (Phi) is 62.8. The minimum atomic E-state index is -2.92. The van der Waals surface area contributed by atoms with Gasteiger partial charge in [0.05, 0.1) is 0 Å². The van der Waals surface area contributed by atoms with Crippen LogP contribution in [0.5, 0.6) is 0 Å². The van der Waals surface area contributed by atoms with Crippen molar-refractivity contribution < 1.29 is 105 Å². The van der Waals surface area contributed by atoms with E-state index >= 15 is 0 Å². The zero-order valence-corrected chi connectivity index (χ0v) is 10.8. The van der Waals surface area contributed by atoms with Crippen LogP contribution in [0.2, 0.25) is 0 Å². The van der Waals surface area contributed by atoms with Crippen molar-refractivity contribution in [2.45, 2.75) is 0 Å². The van der Waals surface area contributed by atoms with Crippen molar-refractivity contribution >= 4 is 29.3 Å². The van der Waals surface area contributed by atoms with E-state index in [0.29, 0.717) is 0 Å². The van der Waals surface area contributed by atoms with Crippen LogP contribution in [0.15, 0.2) is 0 Å². The number of rotatable bonds is 0. The average molecular weight is 451 g/mol. The molecule has 0 heterocycles. The zero-order chi connectivity index (χ0) is 14.3. The Hall–Kier alpha value is 1.26. The molecule has 0 radical (unpaired) electrons. The second kappa shape index (κ2) is 30.9. The molecule has 0 aromatic heterocycles. The monoisotopic (exact) mass is 450 g/mol. The van der Waals surface area contributed by atoms with E-state index in [9.17, 15) is 0 Å². The topological polar surface area (TPSA) is 277 Å². The van der Waals surface area contributed by atoms with Crippen molar-refractivity contribution in [2.75, 3.05) is 0 Å². The van der Waals surface area contributed by atoms with Crippen molar-refractivity contribution in [3.63, 3.8) is 0 Å². The standard InChI is InChI=1S/2Ag.4BO3/c;;4*2-1(3)4/q2*+1;4*-3. The molecule has 0 aromatic carbocycles. The molecule has 0 saturated carbocycles. The zero-order valence-electron chi connectivity index (χ0n) is 7.81. The maximum Gasteiger partial charge on any atom is 1.00 e. The summed E-state index contributed by atoms with van der Waals surface area (Å²) in [5.74, 6) is 0. The molecule has 0 aliphatic heterocycles. The van der Waals surface area contributed by atoms with Crippen molar-refractivity contribution in [3.05, 3.63) is 0 Å². The Morgan fingerprint density at radius 1 is 0.278 bits per heavy atom. The Morgan fingerprint density at radius 2 is 0.278 bits per heavy atom. The largest absolute Gasteiger partial charge is 1.00 e. The Bertz CT molecular complexity index is 65.1. The van der Waals surface area contributed by atoms with E-state index in [1.807, 2.05) is 0 Å². The van der Waals surface area contributed by atoms with Crippen LogP contribution in [0.1, 0.15) is 0 Å². The summed E-state index contributed by atoms with van der Waals surface area (Å²) in [6.45, 7) is 0. The predicted molar refractivity (Wildman–Crippen MR) is 23.0 cm³/mol. The normalized spacial score (nSPS) is 6.00. The average Bonchev–Trinajstić information content (AvgIpc) is 1.76. The van der Waals surface area contributed by atoms with Crippen LogP contribution >= 0.6 is 0 Å². The van der Waals surface area contributed by atoms with E-state index in [0.717, 1.165) is 0 Å². The van der Waals surface area contributed by atoms with Gasteiger partial charge in [-0.25, -0.2) is 0 Å². The first kappa shape index (κ1) is 36.5. The first-order valence-electron chi connectivity index (χ1n) is 2.83. The van der Waals surface area contributed by atoms with Crippen molar-refractivity contribution in [1.82, 2.24) is 0 Å².